The average Bonchev–Trinajstić information content (AvgIpc) is 3.18. The molecule has 4 aromatic carbocycles. The zero-order valence-electron chi connectivity index (χ0n) is 21.0. The second-order valence-corrected chi connectivity index (χ2v) is 9.01. The van der Waals surface area contributed by atoms with E-state index < -0.39 is 17.8 Å². The van der Waals surface area contributed by atoms with E-state index in [1.165, 1.54) is 11.0 Å². The van der Waals surface area contributed by atoms with Crippen LogP contribution in [0.3, 0.4) is 0 Å². The molecule has 4 aromatic rings. The van der Waals surface area contributed by atoms with Gasteiger partial charge in [0.1, 0.15) is 11.5 Å². The molecule has 8 heteroatoms. The van der Waals surface area contributed by atoms with Gasteiger partial charge in [-0.25, -0.2) is 4.90 Å². The molecule has 0 saturated heterocycles. The summed E-state index contributed by atoms with van der Waals surface area (Å²) in [6.07, 6.45) is 0. The minimum absolute atomic E-state index is 0.0802. The van der Waals surface area contributed by atoms with Crippen LogP contribution in [0.5, 0.6) is 11.5 Å². The molecule has 0 radical (unpaired) electrons. The van der Waals surface area contributed by atoms with E-state index in [1.807, 2.05) is 49.4 Å². The zero-order chi connectivity index (χ0) is 27.5. The summed E-state index contributed by atoms with van der Waals surface area (Å²) in [5.74, 6) is -1.34. The monoisotopic (exact) mass is 517 g/mol. The molecule has 2 N–H and O–H groups in total. The summed E-state index contributed by atoms with van der Waals surface area (Å²) in [6, 6.07) is 26.9. The number of carboxylic acids is 1. The van der Waals surface area contributed by atoms with Crippen LogP contribution in [0.4, 0.5) is 5.69 Å². The number of carboxylic acid groups (broad SMARTS) is 1. The number of hydrogen-bond donors (Lipinski definition) is 2. The molecule has 0 aromatic heterocycles. The highest BCUT2D eigenvalue weighted by molar-refractivity contribution is 6.35. The molecule has 39 heavy (non-hydrogen) atoms. The van der Waals surface area contributed by atoms with Crippen LogP contribution >= 0.6 is 0 Å². The summed E-state index contributed by atoms with van der Waals surface area (Å²) >= 11 is 0. The van der Waals surface area contributed by atoms with Crippen molar-refractivity contribution in [3.63, 3.8) is 0 Å². The highest BCUT2D eigenvalue weighted by Gasteiger charge is 2.39. The van der Waals surface area contributed by atoms with Gasteiger partial charge in [-0.3, -0.25) is 14.4 Å². The number of rotatable bonds is 8. The summed E-state index contributed by atoms with van der Waals surface area (Å²) in [7, 11) is 0. The third-order valence-electron chi connectivity index (χ3n) is 6.48. The lowest BCUT2D eigenvalue weighted by Crippen LogP contribution is -2.30. The molecule has 0 atom stereocenters. The molecule has 0 fully saturated rings. The average molecular weight is 518 g/mol. The third kappa shape index (κ3) is 4.99. The van der Waals surface area contributed by atoms with Crippen molar-refractivity contribution in [1.29, 1.82) is 5.26 Å². The number of benzene rings is 4. The molecule has 0 aliphatic carbocycles. The number of ether oxygens (including phenoxy) is 1. The summed E-state index contributed by atoms with van der Waals surface area (Å²) in [6.45, 7) is 1.65. The molecule has 8 nitrogen and oxygen atoms in total. The SMILES string of the molecule is Cc1c(-c2ccccc2)cccc1N1C(=O)c2cc(CNCC(=O)O)c(Oc3cccc(C#N)c3)cc2C1=O. The Hall–Kier alpha value is -5.26. The molecule has 192 valence electrons. The van der Waals surface area contributed by atoms with E-state index in [0.717, 1.165) is 16.7 Å². The first kappa shape index (κ1) is 25.4. The molecule has 2 amide bonds. The number of hydrogen-bond acceptors (Lipinski definition) is 6. The van der Waals surface area contributed by atoms with E-state index in [2.05, 4.69) is 11.4 Å². The lowest BCUT2D eigenvalue weighted by molar-refractivity contribution is -0.136. The summed E-state index contributed by atoms with van der Waals surface area (Å²) in [5.41, 5.74) is 4.41. The molecule has 0 saturated carbocycles. The number of anilines is 1. The van der Waals surface area contributed by atoms with Gasteiger partial charge in [0.15, 0.2) is 0 Å². The molecule has 1 aliphatic rings. The predicted octanol–water partition coefficient (Wildman–Crippen LogP) is 5.30. The van der Waals surface area contributed by atoms with Crippen molar-refractivity contribution >= 4 is 23.5 Å². The van der Waals surface area contributed by atoms with Crippen molar-refractivity contribution in [3.05, 3.63) is 113 Å². The highest BCUT2D eigenvalue weighted by atomic mass is 16.5. The fourth-order valence-corrected chi connectivity index (χ4v) is 4.62. The van der Waals surface area contributed by atoms with Crippen LogP contribution in [0.2, 0.25) is 0 Å². The van der Waals surface area contributed by atoms with E-state index in [9.17, 15) is 19.6 Å². The zero-order valence-corrected chi connectivity index (χ0v) is 21.0. The number of imide groups is 1. The molecule has 0 unspecified atom stereocenters. The van der Waals surface area contributed by atoms with Crippen LogP contribution in [0.1, 0.15) is 37.4 Å². The fraction of sp³-hybridized carbons (Fsp3) is 0.0968. The van der Waals surface area contributed by atoms with Crippen molar-refractivity contribution in [1.82, 2.24) is 5.32 Å². The van der Waals surface area contributed by atoms with Crippen LogP contribution in [0.25, 0.3) is 11.1 Å². The smallest absolute Gasteiger partial charge is 0.317 e. The predicted molar refractivity (Wildman–Crippen MR) is 145 cm³/mol. The molecular formula is C31H23N3O5. The van der Waals surface area contributed by atoms with Gasteiger partial charge in [-0.15, -0.1) is 0 Å². The number of carbonyl (C=O) groups excluding carboxylic acids is 2. The highest BCUT2D eigenvalue weighted by Crippen LogP contribution is 2.38. The lowest BCUT2D eigenvalue weighted by atomic mass is 9.99. The van der Waals surface area contributed by atoms with Gasteiger partial charge in [0.25, 0.3) is 11.8 Å². The molecule has 1 aliphatic heterocycles. The maximum atomic E-state index is 13.6. The Morgan fingerprint density at radius 1 is 0.923 bits per heavy atom. The standard InChI is InChI=1S/C31H23N3O5/c1-19-24(21-8-3-2-4-9-21)11-6-12-27(19)34-30(37)25-14-22(17-33-18-29(35)36)28(15-26(25)31(34)38)39-23-10-5-7-20(13-23)16-32/h2-15,33H,17-18H2,1H3,(H,35,36). The Balaban J connectivity index is 1.55. The van der Waals surface area contributed by atoms with Crippen LogP contribution in [-0.2, 0) is 11.3 Å². The maximum Gasteiger partial charge on any atom is 0.317 e. The van der Waals surface area contributed by atoms with E-state index in [-0.39, 0.29) is 30.0 Å². The number of carbonyl (C=O) groups is 3. The van der Waals surface area contributed by atoms with Gasteiger partial charge >= 0.3 is 5.97 Å². The van der Waals surface area contributed by atoms with E-state index in [1.54, 1.807) is 36.4 Å². The van der Waals surface area contributed by atoms with Crippen LogP contribution in [-0.4, -0.2) is 29.4 Å². The van der Waals surface area contributed by atoms with Crippen molar-refractivity contribution in [3.8, 4) is 28.7 Å². The van der Waals surface area contributed by atoms with Crippen molar-refractivity contribution in [2.75, 3.05) is 11.4 Å². The van der Waals surface area contributed by atoms with E-state index in [0.29, 0.717) is 22.6 Å². The Morgan fingerprint density at radius 2 is 1.64 bits per heavy atom. The van der Waals surface area contributed by atoms with Gasteiger partial charge in [0.05, 0.1) is 35.0 Å². The minimum Gasteiger partial charge on any atom is -0.480 e. The van der Waals surface area contributed by atoms with Gasteiger partial charge in [-0.05, 0) is 60.0 Å². The first-order valence-corrected chi connectivity index (χ1v) is 12.2. The Labute approximate surface area is 224 Å². The molecule has 5 rings (SSSR count). The topological polar surface area (TPSA) is 120 Å². The fourth-order valence-electron chi connectivity index (χ4n) is 4.62. The lowest BCUT2D eigenvalue weighted by Gasteiger charge is -2.19. The Bertz CT molecular complexity index is 1660. The van der Waals surface area contributed by atoms with Crippen LogP contribution in [0.15, 0.2) is 84.9 Å². The molecule has 0 bridgehead atoms. The summed E-state index contributed by atoms with van der Waals surface area (Å²) < 4.78 is 6.04. The Kier molecular flexibility index (Phi) is 6.91. The number of aliphatic carboxylic acids is 1. The summed E-state index contributed by atoms with van der Waals surface area (Å²) in [5, 5.41) is 21.1. The minimum atomic E-state index is -1.04. The number of nitrogens with one attached hydrogen (secondary N) is 1. The second kappa shape index (κ2) is 10.6. The van der Waals surface area contributed by atoms with Gasteiger partial charge in [-0.1, -0.05) is 48.5 Å². The van der Waals surface area contributed by atoms with Gasteiger partial charge in [-0.2, -0.15) is 5.26 Å². The van der Waals surface area contributed by atoms with Crippen molar-refractivity contribution in [2.24, 2.45) is 0 Å². The first-order valence-electron chi connectivity index (χ1n) is 12.2. The quantitative estimate of drug-likeness (QED) is 0.304. The largest absolute Gasteiger partial charge is 0.480 e. The number of amides is 2. The van der Waals surface area contributed by atoms with Gasteiger partial charge in [0.2, 0.25) is 0 Å². The molecule has 1 heterocycles. The van der Waals surface area contributed by atoms with E-state index >= 15 is 0 Å². The van der Waals surface area contributed by atoms with Gasteiger partial charge < -0.3 is 15.2 Å². The third-order valence-corrected chi connectivity index (χ3v) is 6.48. The van der Waals surface area contributed by atoms with E-state index in [4.69, 9.17) is 9.84 Å². The van der Waals surface area contributed by atoms with Crippen LogP contribution < -0.4 is 15.0 Å². The normalized spacial score (nSPS) is 12.3. The van der Waals surface area contributed by atoms with Crippen molar-refractivity contribution in [2.45, 2.75) is 13.5 Å². The maximum absolute atomic E-state index is 13.6. The first-order chi connectivity index (χ1) is 18.9. The molecule has 0 spiro atoms. The second-order valence-electron chi connectivity index (χ2n) is 9.01. The number of nitrogens with zero attached hydrogens (tertiary/aromatic N) is 2. The number of fused-ring (bicyclic) bond motifs is 1. The van der Waals surface area contributed by atoms with Crippen molar-refractivity contribution < 1.29 is 24.2 Å². The Morgan fingerprint density at radius 3 is 2.36 bits per heavy atom. The van der Waals surface area contributed by atoms with Gasteiger partial charge in [0, 0.05) is 12.1 Å². The summed E-state index contributed by atoms with van der Waals surface area (Å²) in [4.78, 5) is 39.5. The number of nitriles is 1. The van der Waals surface area contributed by atoms with Crippen LogP contribution in [0, 0.1) is 18.3 Å². The molecular weight excluding hydrogens is 494 g/mol.